The number of benzene rings is 3. The minimum absolute atomic E-state index is 0.00671. The largest absolute Gasteiger partial charge is 0.573 e. The van der Waals surface area contributed by atoms with Gasteiger partial charge in [-0.25, -0.2) is 9.18 Å². The van der Waals surface area contributed by atoms with Crippen LogP contribution in [0, 0.1) is 11.7 Å². The lowest BCUT2D eigenvalue weighted by atomic mass is 9.98. The summed E-state index contributed by atoms with van der Waals surface area (Å²) in [6, 6.07) is 14.5. The Morgan fingerprint density at radius 3 is 2.45 bits per heavy atom. The number of carbonyl (C=O) groups is 4. The normalized spacial score (nSPS) is 20.1. The Kier molecular flexibility index (Phi) is 7.64. The molecule has 4 aromatic rings. The molecule has 6 rings (SSSR count). The van der Waals surface area contributed by atoms with E-state index in [9.17, 15) is 37.5 Å². The van der Waals surface area contributed by atoms with Crippen LogP contribution >= 0.6 is 0 Å². The summed E-state index contributed by atoms with van der Waals surface area (Å²) in [6.07, 6.45) is -5.52. The number of carboxylic acid groups (broad SMARTS) is 1. The SMILES string of the molecule is CC(=O)c1nn(CC(=O)N2[C@H](C(=O)O)C[C@H]3C[C@@]32c2ccc(C(N)=O)c(F)c2OC(F)(F)F)c2ccc(OCc3ccccc3)cc12. The Bertz CT molecular complexity index is 1950. The Labute approximate surface area is 263 Å². The van der Waals surface area contributed by atoms with Crippen molar-refractivity contribution in [2.45, 2.75) is 50.9 Å². The zero-order chi connectivity index (χ0) is 33.8. The van der Waals surface area contributed by atoms with Crippen molar-refractivity contribution in [1.82, 2.24) is 14.7 Å². The first-order chi connectivity index (χ1) is 22.2. The van der Waals surface area contributed by atoms with Gasteiger partial charge in [-0.15, -0.1) is 13.2 Å². The molecule has 3 aromatic carbocycles. The summed E-state index contributed by atoms with van der Waals surface area (Å²) in [7, 11) is 0. The number of rotatable bonds is 10. The molecular formula is C32H26F4N4O7. The minimum atomic E-state index is -5.40. The third kappa shape index (κ3) is 5.61. The molecule has 0 bridgehead atoms. The van der Waals surface area contributed by atoms with Gasteiger partial charge in [0.05, 0.1) is 16.6 Å². The van der Waals surface area contributed by atoms with Crippen LogP contribution in [0.1, 0.15) is 51.7 Å². The van der Waals surface area contributed by atoms with E-state index in [1.165, 1.54) is 11.6 Å². The highest BCUT2D eigenvalue weighted by Gasteiger charge is 2.70. The number of Topliss-reactive ketones (excluding diaryl/α,β-unsaturated/α-hetero) is 1. The molecular weight excluding hydrogens is 628 g/mol. The molecule has 0 spiro atoms. The second kappa shape index (κ2) is 11.4. The molecule has 2 fully saturated rings. The number of piperidine rings is 1. The maximum Gasteiger partial charge on any atom is 0.573 e. The van der Waals surface area contributed by atoms with Gasteiger partial charge < -0.3 is 25.2 Å². The number of likely N-dealkylation sites (tertiary alicyclic amines) is 1. The summed E-state index contributed by atoms with van der Waals surface area (Å²) in [4.78, 5) is 51.5. The van der Waals surface area contributed by atoms with E-state index >= 15 is 4.39 Å². The number of halogens is 4. The Hall–Kier alpha value is -5.47. The van der Waals surface area contributed by atoms with E-state index in [1.807, 2.05) is 30.3 Å². The van der Waals surface area contributed by atoms with Crippen molar-refractivity contribution in [1.29, 1.82) is 0 Å². The van der Waals surface area contributed by atoms with Crippen LogP contribution in [0.2, 0.25) is 0 Å². The van der Waals surface area contributed by atoms with Crippen LogP contribution in [-0.2, 0) is 28.3 Å². The van der Waals surface area contributed by atoms with Crippen molar-refractivity contribution in [3.8, 4) is 11.5 Å². The number of nitrogens with two attached hydrogens (primary N) is 1. The number of primary amides is 1. The lowest BCUT2D eigenvalue weighted by Gasteiger charge is -2.34. The molecule has 3 N–H and O–H groups in total. The minimum Gasteiger partial charge on any atom is -0.489 e. The van der Waals surface area contributed by atoms with Crippen LogP contribution in [-0.4, -0.2) is 55.8 Å². The number of ether oxygens (including phenoxy) is 2. The predicted octanol–water partition coefficient (Wildman–Crippen LogP) is 4.56. The summed E-state index contributed by atoms with van der Waals surface area (Å²) >= 11 is 0. The third-order valence-electron chi connectivity index (χ3n) is 8.51. The molecule has 1 aliphatic heterocycles. The van der Waals surface area contributed by atoms with E-state index in [4.69, 9.17) is 10.5 Å². The Morgan fingerprint density at radius 1 is 1.09 bits per heavy atom. The van der Waals surface area contributed by atoms with E-state index in [0.717, 1.165) is 22.6 Å². The highest BCUT2D eigenvalue weighted by atomic mass is 19.4. The number of carbonyl (C=O) groups excluding carboxylic acids is 3. The second-order valence-electron chi connectivity index (χ2n) is 11.4. The van der Waals surface area contributed by atoms with Crippen LogP contribution in [0.4, 0.5) is 17.6 Å². The second-order valence-corrected chi connectivity index (χ2v) is 11.4. The average molecular weight is 655 g/mol. The van der Waals surface area contributed by atoms with Gasteiger partial charge >= 0.3 is 12.3 Å². The molecule has 47 heavy (non-hydrogen) atoms. The van der Waals surface area contributed by atoms with Gasteiger partial charge in [0.1, 0.15) is 30.6 Å². The Balaban J connectivity index is 1.37. The maximum absolute atomic E-state index is 15.3. The number of nitrogens with zero attached hydrogens (tertiary/aromatic N) is 3. The molecule has 1 saturated carbocycles. The first-order valence-electron chi connectivity index (χ1n) is 14.3. The number of hydrogen-bond donors (Lipinski definition) is 2. The highest BCUT2D eigenvalue weighted by Crippen LogP contribution is 2.66. The summed E-state index contributed by atoms with van der Waals surface area (Å²) in [6.45, 7) is 0.913. The molecule has 2 heterocycles. The van der Waals surface area contributed by atoms with Gasteiger partial charge in [0.2, 0.25) is 5.91 Å². The number of aromatic nitrogens is 2. The van der Waals surface area contributed by atoms with Crippen molar-refractivity contribution in [2.24, 2.45) is 11.7 Å². The summed E-state index contributed by atoms with van der Waals surface area (Å²) in [5.41, 5.74) is 3.37. The monoisotopic (exact) mass is 654 g/mol. The average Bonchev–Trinajstić information content (AvgIpc) is 3.44. The lowest BCUT2D eigenvalue weighted by Crippen LogP contribution is -2.49. The zero-order valence-corrected chi connectivity index (χ0v) is 24.6. The molecule has 3 atom stereocenters. The van der Waals surface area contributed by atoms with E-state index in [0.29, 0.717) is 16.7 Å². The van der Waals surface area contributed by atoms with E-state index in [-0.39, 0.29) is 25.1 Å². The molecule has 11 nitrogen and oxygen atoms in total. The van der Waals surface area contributed by atoms with Gasteiger partial charge in [-0.1, -0.05) is 36.4 Å². The highest BCUT2D eigenvalue weighted by molar-refractivity contribution is 6.05. The summed E-state index contributed by atoms with van der Waals surface area (Å²) in [5.74, 6) is -7.37. The fraction of sp³-hybridized carbons (Fsp3) is 0.281. The van der Waals surface area contributed by atoms with Crippen LogP contribution in [0.3, 0.4) is 0 Å². The first-order valence-corrected chi connectivity index (χ1v) is 14.3. The fourth-order valence-electron chi connectivity index (χ4n) is 6.49. The quantitative estimate of drug-likeness (QED) is 0.187. The number of hydrogen-bond acceptors (Lipinski definition) is 7. The third-order valence-corrected chi connectivity index (χ3v) is 8.51. The van der Waals surface area contributed by atoms with Gasteiger partial charge in [-0.05, 0) is 48.6 Å². The number of fused-ring (bicyclic) bond motifs is 2. The molecule has 15 heteroatoms. The smallest absolute Gasteiger partial charge is 0.489 e. The van der Waals surface area contributed by atoms with Gasteiger partial charge in [0.15, 0.2) is 17.3 Å². The Morgan fingerprint density at radius 2 is 1.81 bits per heavy atom. The van der Waals surface area contributed by atoms with Crippen molar-refractivity contribution >= 4 is 34.5 Å². The molecule has 1 aliphatic carbocycles. The van der Waals surface area contributed by atoms with Crippen LogP contribution in [0.25, 0.3) is 10.9 Å². The number of alkyl halides is 3. The van der Waals surface area contributed by atoms with Crippen LogP contribution in [0.5, 0.6) is 11.5 Å². The maximum atomic E-state index is 15.3. The molecule has 2 aliphatic rings. The number of carboxylic acids is 1. The van der Waals surface area contributed by atoms with Gasteiger partial charge in [0, 0.05) is 17.9 Å². The zero-order valence-electron chi connectivity index (χ0n) is 24.6. The van der Waals surface area contributed by atoms with Gasteiger partial charge in [-0.3, -0.25) is 19.1 Å². The molecule has 2 amide bonds. The van der Waals surface area contributed by atoms with Gasteiger partial charge in [0.25, 0.3) is 5.91 Å². The first kappa shape index (κ1) is 31.5. The van der Waals surface area contributed by atoms with Crippen molar-refractivity contribution in [3.05, 3.63) is 88.9 Å². The summed E-state index contributed by atoms with van der Waals surface area (Å²) < 4.78 is 66.8. The number of aliphatic carboxylic acids is 1. The van der Waals surface area contributed by atoms with Crippen LogP contribution < -0.4 is 15.2 Å². The lowest BCUT2D eigenvalue weighted by molar-refractivity contribution is -0.276. The number of ketones is 1. The van der Waals surface area contributed by atoms with Gasteiger partial charge in [-0.2, -0.15) is 5.10 Å². The standard InChI is InChI=1S/C32H26F4N4O7/c1-16(41)27-21-12-19(46-15-17-5-3-2-4-6-17)7-10-23(21)39(38-27)14-25(42)40-24(30(44)45)11-18-13-31(18,40)22-9-8-20(29(37)43)26(33)28(22)47-32(34,35)36/h2-10,12,18,24H,11,13-15H2,1H3,(H2,37,43)(H,44,45)/t18-,24-,31-/m0/s1. The van der Waals surface area contributed by atoms with E-state index in [2.05, 4.69) is 9.84 Å². The topological polar surface area (TPSA) is 154 Å². The van der Waals surface area contributed by atoms with E-state index in [1.54, 1.807) is 18.2 Å². The van der Waals surface area contributed by atoms with Crippen molar-refractivity contribution in [3.63, 3.8) is 0 Å². The number of amides is 2. The molecule has 0 unspecified atom stereocenters. The molecule has 0 radical (unpaired) electrons. The fourth-order valence-corrected chi connectivity index (χ4v) is 6.49. The predicted molar refractivity (Wildman–Crippen MR) is 155 cm³/mol. The molecule has 244 valence electrons. The summed E-state index contributed by atoms with van der Waals surface area (Å²) in [5, 5.41) is 14.7. The van der Waals surface area contributed by atoms with Crippen molar-refractivity contribution in [2.75, 3.05) is 0 Å². The van der Waals surface area contributed by atoms with E-state index < -0.39 is 76.7 Å². The molecule has 1 saturated heterocycles. The molecule has 1 aromatic heterocycles. The van der Waals surface area contributed by atoms with Crippen LogP contribution in [0.15, 0.2) is 60.7 Å². The van der Waals surface area contributed by atoms with Crippen molar-refractivity contribution < 1.29 is 51.3 Å².